The molecule has 19 heavy (non-hydrogen) atoms. The fourth-order valence-corrected chi connectivity index (χ4v) is 2.75. The maximum Gasteiger partial charge on any atom is 0.211 e. The van der Waals surface area contributed by atoms with Crippen molar-refractivity contribution >= 4 is 10.0 Å². The fourth-order valence-electron chi connectivity index (χ4n) is 1.82. The average Bonchev–Trinajstić information content (AvgIpc) is 2.32. The van der Waals surface area contributed by atoms with Gasteiger partial charge in [0.1, 0.15) is 5.82 Å². The van der Waals surface area contributed by atoms with E-state index in [9.17, 15) is 12.8 Å². The van der Waals surface area contributed by atoms with Crippen LogP contribution in [0.5, 0.6) is 0 Å². The smallest absolute Gasteiger partial charge is 0.211 e. The van der Waals surface area contributed by atoms with Gasteiger partial charge < -0.3 is 5.32 Å². The maximum atomic E-state index is 12.9. The van der Waals surface area contributed by atoms with Gasteiger partial charge in [0, 0.05) is 19.6 Å². The van der Waals surface area contributed by atoms with Crippen molar-refractivity contribution in [2.45, 2.75) is 19.9 Å². The lowest BCUT2D eigenvalue weighted by Crippen LogP contribution is -2.32. The Kier molecular flexibility index (Phi) is 6.41. The minimum absolute atomic E-state index is 0.242. The van der Waals surface area contributed by atoms with E-state index in [0.29, 0.717) is 26.2 Å². The van der Waals surface area contributed by atoms with Gasteiger partial charge in [-0.2, -0.15) is 0 Å². The number of nitrogens with zero attached hydrogens (tertiary/aromatic N) is 1. The molecular formula is C13H21FN2O2S. The molecule has 0 heterocycles. The minimum atomic E-state index is -3.10. The summed E-state index contributed by atoms with van der Waals surface area (Å²) in [7, 11) is -3.10. The van der Waals surface area contributed by atoms with Crippen molar-refractivity contribution in [1.82, 2.24) is 9.62 Å². The number of hydrogen-bond acceptors (Lipinski definition) is 3. The van der Waals surface area contributed by atoms with Gasteiger partial charge in [0.2, 0.25) is 10.0 Å². The van der Waals surface area contributed by atoms with Gasteiger partial charge in [-0.1, -0.05) is 19.1 Å². The molecule has 1 aromatic rings. The first kappa shape index (κ1) is 16.1. The van der Waals surface area contributed by atoms with E-state index >= 15 is 0 Å². The van der Waals surface area contributed by atoms with Gasteiger partial charge in [0.15, 0.2) is 0 Å². The molecule has 0 amide bonds. The zero-order valence-corrected chi connectivity index (χ0v) is 12.2. The predicted octanol–water partition coefficient (Wildman–Crippen LogP) is 1.59. The topological polar surface area (TPSA) is 49.4 Å². The average molecular weight is 288 g/mol. The van der Waals surface area contributed by atoms with Crippen LogP contribution >= 0.6 is 0 Å². The van der Waals surface area contributed by atoms with Gasteiger partial charge in [0.05, 0.1) is 6.26 Å². The Balaban J connectivity index is 2.25. The minimum Gasteiger partial charge on any atom is -0.313 e. The van der Waals surface area contributed by atoms with Gasteiger partial charge in [0.25, 0.3) is 0 Å². The zero-order chi connectivity index (χ0) is 14.3. The van der Waals surface area contributed by atoms with Crippen molar-refractivity contribution in [2.24, 2.45) is 0 Å². The molecule has 0 saturated heterocycles. The second-order valence-electron chi connectivity index (χ2n) is 4.41. The molecule has 0 aliphatic heterocycles. The largest absolute Gasteiger partial charge is 0.313 e. The highest BCUT2D eigenvalue weighted by Gasteiger charge is 2.12. The predicted molar refractivity (Wildman–Crippen MR) is 74.8 cm³/mol. The Morgan fingerprint density at radius 1 is 1.37 bits per heavy atom. The lowest BCUT2D eigenvalue weighted by atomic mass is 10.2. The second-order valence-corrected chi connectivity index (χ2v) is 6.40. The molecule has 0 aliphatic carbocycles. The molecular weight excluding hydrogens is 267 g/mol. The number of nitrogens with one attached hydrogen (secondary N) is 1. The van der Waals surface area contributed by atoms with E-state index in [4.69, 9.17) is 0 Å². The van der Waals surface area contributed by atoms with Crippen LogP contribution in [-0.2, 0) is 16.6 Å². The zero-order valence-electron chi connectivity index (χ0n) is 11.4. The number of halogens is 1. The molecule has 0 atom stereocenters. The summed E-state index contributed by atoms with van der Waals surface area (Å²) in [6.45, 7) is 4.10. The van der Waals surface area contributed by atoms with Crippen molar-refractivity contribution in [3.63, 3.8) is 0 Å². The fraction of sp³-hybridized carbons (Fsp3) is 0.538. The molecule has 1 N–H and O–H groups in total. The Hall–Kier alpha value is -0.980. The van der Waals surface area contributed by atoms with E-state index in [1.54, 1.807) is 6.07 Å². The maximum absolute atomic E-state index is 12.9. The summed E-state index contributed by atoms with van der Waals surface area (Å²) < 4.78 is 37.1. The molecule has 0 fully saturated rings. The Labute approximate surface area is 114 Å². The van der Waals surface area contributed by atoms with Crippen LogP contribution in [0.15, 0.2) is 24.3 Å². The molecule has 0 unspecified atom stereocenters. The van der Waals surface area contributed by atoms with E-state index in [0.717, 1.165) is 12.0 Å². The number of hydrogen-bond donors (Lipinski definition) is 1. The summed E-state index contributed by atoms with van der Waals surface area (Å²) in [6, 6.07) is 6.43. The first-order valence-corrected chi connectivity index (χ1v) is 8.18. The van der Waals surface area contributed by atoms with Gasteiger partial charge >= 0.3 is 0 Å². The lowest BCUT2D eigenvalue weighted by molar-refractivity contribution is 0.419. The van der Waals surface area contributed by atoms with Crippen molar-refractivity contribution in [3.8, 4) is 0 Å². The van der Waals surface area contributed by atoms with E-state index in [1.165, 1.54) is 22.7 Å². The monoisotopic (exact) mass is 288 g/mol. The van der Waals surface area contributed by atoms with E-state index in [2.05, 4.69) is 5.32 Å². The second kappa shape index (κ2) is 7.57. The summed E-state index contributed by atoms with van der Waals surface area (Å²) >= 11 is 0. The first-order chi connectivity index (χ1) is 8.93. The lowest BCUT2D eigenvalue weighted by Gasteiger charge is -2.17. The molecule has 0 bridgehead atoms. The van der Waals surface area contributed by atoms with Crippen LogP contribution in [0.25, 0.3) is 0 Å². The quantitative estimate of drug-likeness (QED) is 0.739. The van der Waals surface area contributed by atoms with Gasteiger partial charge in [-0.05, 0) is 30.7 Å². The Morgan fingerprint density at radius 3 is 2.68 bits per heavy atom. The summed E-state index contributed by atoms with van der Waals surface area (Å²) in [5.41, 5.74) is 0.885. The van der Waals surface area contributed by atoms with Gasteiger partial charge in [-0.25, -0.2) is 17.1 Å². The summed E-state index contributed by atoms with van der Waals surface area (Å²) in [5, 5.41) is 3.17. The molecule has 0 aromatic heterocycles. The number of rotatable bonds is 8. The van der Waals surface area contributed by atoms with Crippen LogP contribution in [0.1, 0.15) is 18.9 Å². The van der Waals surface area contributed by atoms with Crippen LogP contribution in [0, 0.1) is 5.82 Å². The highest BCUT2D eigenvalue weighted by Crippen LogP contribution is 2.03. The summed E-state index contributed by atoms with van der Waals surface area (Å²) in [5.74, 6) is -0.242. The van der Waals surface area contributed by atoms with Crippen molar-refractivity contribution in [3.05, 3.63) is 35.6 Å². The van der Waals surface area contributed by atoms with Crippen LogP contribution in [-0.4, -0.2) is 38.6 Å². The van der Waals surface area contributed by atoms with Crippen LogP contribution < -0.4 is 5.32 Å². The molecule has 0 saturated carbocycles. The third-order valence-corrected chi connectivity index (χ3v) is 4.18. The van der Waals surface area contributed by atoms with Crippen molar-refractivity contribution in [1.29, 1.82) is 0 Å². The normalized spacial score (nSPS) is 12.0. The number of sulfonamides is 1. The van der Waals surface area contributed by atoms with Crippen molar-refractivity contribution < 1.29 is 12.8 Å². The third-order valence-electron chi connectivity index (χ3n) is 2.80. The van der Waals surface area contributed by atoms with Crippen LogP contribution in [0.2, 0.25) is 0 Å². The van der Waals surface area contributed by atoms with Crippen LogP contribution in [0.4, 0.5) is 4.39 Å². The molecule has 108 valence electrons. The summed E-state index contributed by atoms with van der Waals surface area (Å²) in [4.78, 5) is 0. The van der Waals surface area contributed by atoms with E-state index in [-0.39, 0.29) is 5.82 Å². The molecule has 0 radical (unpaired) electrons. The molecule has 1 rings (SSSR count). The SMILES string of the molecule is CCN(CCCNCc1cccc(F)c1)S(C)(=O)=O. The molecule has 1 aromatic carbocycles. The Bertz CT molecular complexity index is 491. The molecule has 0 spiro atoms. The first-order valence-electron chi connectivity index (χ1n) is 6.33. The number of benzene rings is 1. The molecule has 4 nitrogen and oxygen atoms in total. The molecule has 6 heteroatoms. The van der Waals surface area contributed by atoms with E-state index < -0.39 is 10.0 Å². The van der Waals surface area contributed by atoms with Crippen LogP contribution in [0.3, 0.4) is 0 Å². The van der Waals surface area contributed by atoms with Gasteiger partial charge in [-0.15, -0.1) is 0 Å². The highest BCUT2D eigenvalue weighted by atomic mass is 32.2. The molecule has 0 aliphatic rings. The third kappa shape index (κ3) is 6.13. The Morgan fingerprint density at radius 2 is 2.11 bits per heavy atom. The standard InChI is InChI=1S/C13H21FN2O2S/c1-3-16(19(2,17)18)9-5-8-15-11-12-6-4-7-13(14)10-12/h4,6-7,10,15H,3,5,8-9,11H2,1-2H3. The highest BCUT2D eigenvalue weighted by molar-refractivity contribution is 7.88. The summed E-state index contributed by atoms with van der Waals surface area (Å²) in [6.07, 6.45) is 1.95. The van der Waals surface area contributed by atoms with Gasteiger partial charge in [-0.3, -0.25) is 0 Å². The van der Waals surface area contributed by atoms with Crippen molar-refractivity contribution in [2.75, 3.05) is 25.9 Å². The van der Waals surface area contributed by atoms with E-state index in [1.807, 2.05) is 13.0 Å².